The SMILES string of the molecule is CCN(CCN1CCCC1)Cc1cc(O)c2c(c1OC)CC1C[C@H]3CC(O)=C(C(N)=O)C(=O)[C@@]3(O)C(O)=C1C2=O. The molecule has 5 rings (SSSR count). The molecule has 0 saturated carbocycles. The van der Waals surface area contributed by atoms with Gasteiger partial charge in [-0.25, -0.2) is 0 Å². The number of benzene rings is 1. The van der Waals surface area contributed by atoms with Crippen molar-refractivity contribution in [1.29, 1.82) is 0 Å². The van der Waals surface area contributed by atoms with Gasteiger partial charge in [0.1, 0.15) is 28.6 Å². The van der Waals surface area contributed by atoms with Crippen molar-refractivity contribution < 1.29 is 39.5 Å². The maximum Gasteiger partial charge on any atom is 0.255 e. The number of likely N-dealkylation sites (N-methyl/N-ethyl adjacent to an activating group) is 1. The number of methoxy groups -OCH3 is 1. The van der Waals surface area contributed by atoms with Crippen molar-refractivity contribution in [3.05, 3.63) is 45.4 Å². The Labute approximate surface area is 232 Å². The van der Waals surface area contributed by atoms with Crippen molar-refractivity contribution in [3.63, 3.8) is 0 Å². The predicted octanol–water partition coefficient (Wildman–Crippen LogP) is 1.51. The minimum atomic E-state index is -2.58. The number of nitrogens with zero attached hydrogens (tertiary/aromatic N) is 2. The number of hydrogen-bond donors (Lipinski definition) is 5. The molecule has 1 aliphatic heterocycles. The van der Waals surface area contributed by atoms with Gasteiger partial charge in [0.2, 0.25) is 5.78 Å². The minimum absolute atomic E-state index is 0.0441. The number of aliphatic hydroxyl groups is 3. The minimum Gasteiger partial charge on any atom is -0.511 e. The molecule has 40 heavy (non-hydrogen) atoms. The molecule has 0 radical (unpaired) electrons. The van der Waals surface area contributed by atoms with Crippen LogP contribution in [0.25, 0.3) is 0 Å². The first-order chi connectivity index (χ1) is 19.0. The van der Waals surface area contributed by atoms with Crippen molar-refractivity contribution in [1.82, 2.24) is 9.80 Å². The summed E-state index contributed by atoms with van der Waals surface area (Å²) in [6, 6.07) is 1.50. The summed E-state index contributed by atoms with van der Waals surface area (Å²) in [6.45, 7) is 7.36. The second kappa shape index (κ2) is 10.5. The van der Waals surface area contributed by atoms with E-state index in [1.54, 1.807) is 0 Å². The van der Waals surface area contributed by atoms with Crippen molar-refractivity contribution in [2.75, 3.05) is 39.8 Å². The van der Waals surface area contributed by atoms with E-state index in [0.717, 1.165) is 38.3 Å². The number of aliphatic hydroxyl groups excluding tert-OH is 2. The molecule has 3 atom stereocenters. The lowest BCUT2D eigenvalue weighted by molar-refractivity contribution is -0.144. The van der Waals surface area contributed by atoms with E-state index < -0.39 is 52.0 Å². The van der Waals surface area contributed by atoms with Crippen LogP contribution < -0.4 is 10.5 Å². The van der Waals surface area contributed by atoms with E-state index in [-0.39, 0.29) is 36.1 Å². The molecule has 0 bridgehead atoms. The van der Waals surface area contributed by atoms with Crippen molar-refractivity contribution in [3.8, 4) is 11.5 Å². The quantitative estimate of drug-likeness (QED) is 0.296. The Morgan fingerprint density at radius 1 is 1.20 bits per heavy atom. The topological polar surface area (TPSA) is 174 Å². The van der Waals surface area contributed by atoms with Gasteiger partial charge in [0.25, 0.3) is 5.91 Å². The normalized spacial score (nSPS) is 26.7. The lowest BCUT2D eigenvalue weighted by Crippen LogP contribution is -2.57. The Morgan fingerprint density at radius 3 is 2.52 bits per heavy atom. The Balaban J connectivity index is 1.51. The number of aromatic hydroxyl groups is 1. The molecule has 1 unspecified atom stereocenters. The molecule has 6 N–H and O–H groups in total. The van der Waals surface area contributed by atoms with E-state index in [9.17, 15) is 34.8 Å². The maximum atomic E-state index is 13.8. The molecular weight excluding hydrogens is 518 g/mol. The van der Waals surface area contributed by atoms with Crippen LogP contribution >= 0.6 is 0 Å². The number of fused-ring (bicyclic) bond motifs is 3. The number of nitrogens with two attached hydrogens (primary N) is 1. The van der Waals surface area contributed by atoms with Gasteiger partial charge in [-0.3, -0.25) is 19.3 Å². The highest BCUT2D eigenvalue weighted by Crippen LogP contribution is 2.52. The van der Waals surface area contributed by atoms with Crippen molar-refractivity contribution >= 4 is 17.5 Å². The van der Waals surface area contributed by atoms with Crippen LogP contribution in [0, 0.1) is 11.8 Å². The van der Waals surface area contributed by atoms with Crippen LogP contribution in [0.3, 0.4) is 0 Å². The number of likely N-dealkylation sites (tertiary alicyclic amines) is 1. The van der Waals surface area contributed by atoms with Crippen molar-refractivity contribution in [2.45, 2.75) is 51.2 Å². The van der Waals surface area contributed by atoms with Crippen LogP contribution in [0.15, 0.2) is 28.7 Å². The highest BCUT2D eigenvalue weighted by atomic mass is 16.5. The van der Waals surface area contributed by atoms with E-state index in [1.165, 1.54) is 26.0 Å². The number of Topliss-reactive ketones (excluding diaryl/α,β-unsaturated/α-hetero) is 2. The number of hydrogen-bond acceptors (Lipinski definition) is 10. The summed E-state index contributed by atoms with van der Waals surface area (Å²) >= 11 is 0. The highest BCUT2D eigenvalue weighted by molar-refractivity contribution is 6.24. The number of rotatable bonds is 8. The molecule has 1 saturated heterocycles. The summed E-state index contributed by atoms with van der Waals surface area (Å²) in [5.74, 6) is -5.96. The van der Waals surface area contributed by atoms with E-state index >= 15 is 0 Å². The number of phenols is 1. The smallest absolute Gasteiger partial charge is 0.255 e. The maximum absolute atomic E-state index is 13.8. The molecule has 3 aliphatic carbocycles. The first kappa shape index (κ1) is 28.1. The van der Waals surface area contributed by atoms with Gasteiger partial charge < -0.3 is 35.8 Å². The zero-order valence-corrected chi connectivity index (χ0v) is 22.9. The number of carbonyl (C=O) groups is 3. The van der Waals surface area contributed by atoms with Gasteiger partial charge in [0.05, 0.1) is 12.7 Å². The number of primary amides is 1. The number of allylic oxidation sites excluding steroid dienone is 2. The largest absolute Gasteiger partial charge is 0.511 e. The van der Waals surface area contributed by atoms with Crippen LogP contribution in [0.2, 0.25) is 0 Å². The molecule has 4 aliphatic rings. The lowest BCUT2D eigenvalue weighted by Gasteiger charge is -2.45. The second-order valence-electron chi connectivity index (χ2n) is 11.3. The fourth-order valence-electron chi connectivity index (χ4n) is 6.98. The second-order valence-corrected chi connectivity index (χ2v) is 11.3. The summed E-state index contributed by atoms with van der Waals surface area (Å²) in [6.07, 6.45) is 2.45. The van der Waals surface area contributed by atoms with Gasteiger partial charge in [-0.2, -0.15) is 0 Å². The van der Waals surface area contributed by atoms with Crippen LogP contribution in [0.4, 0.5) is 0 Å². The average Bonchev–Trinajstić information content (AvgIpc) is 3.42. The molecule has 1 aromatic carbocycles. The molecule has 1 heterocycles. The molecule has 11 heteroatoms. The standard InChI is InChI=1S/C29H37N3O8/c1-3-31(8-9-32-6-4-5-7-32)14-16-12-19(33)22-18(25(16)40-2)11-15-10-17-13-20(34)23(28(30)38)27(37)29(17,39)26(36)21(15)24(22)35/h12,15,17,33-34,36,39H,3-11,13-14H2,1-2H3,(H2,30,38)/t15?,17-,29-/m0/s1. The summed E-state index contributed by atoms with van der Waals surface area (Å²) in [4.78, 5) is 43.4. The van der Waals surface area contributed by atoms with Gasteiger partial charge in [-0.05, 0) is 57.3 Å². The highest BCUT2D eigenvalue weighted by Gasteiger charge is 2.59. The number of ketones is 2. The zero-order valence-electron chi connectivity index (χ0n) is 22.9. The van der Waals surface area contributed by atoms with Gasteiger partial charge in [-0.1, -0.05) is 6.92 Å². The summed E-state index contributed by atoms with van der Waals surface area (Å²) in [5, 5.41) is 44.0. The average molecular weight is 556 g/mol. The molecule has 11 nitrogen and oxygen atoms in total. The predicted molar refractivity (Wildman–Crippen MR) is 144 cm³/mol. The molecular formula is C29H37N3O8. The number of amides is 1. The summed E-state index contributed by atoms with van der Waals surface area (Å²) < 4.78 is 5.80. The fourth-order valence-corrected chi connectivity index (χ4v) is 6.98. The third-order valence-corrected chi connectivity index (χ3v) is 9.07. The van der Waals surface area contributed by atoms with Gasteiger partial charge in [0, 0.05) is 48.7 Å². The molecule has 1 fully saturated rings. The van der Waals surface area contributed by atoms with Crippen LogP contribution in [0.5, 0.6) is 11.5 Å². The third kappa shape index (κ3) is 4.36. The van der Waals surface area contributed by atoms with E-state index in [0.29, 0.717) is 17.9 Å². The van der Waals surface area contributed by atoms with E-state index in [4.69, 9.17) is 10.5 Å². The molecule has 1 aromatic rings. The lowest BCUT2D eigenvalue weighted by atomic mass is 9.60. The number of phenolic OH excluding ortho intramolecular Hbond substituents is 1. The first-order valence-corrected chi connectivity index (χ1v) is 13.9. The number of carbonyl (C=O) groups excluding carboxylic acids is 3. The third-order valence-electron chi connectivity index (χ3n) is 9.07. The monoisotopic (exact) mass is 555 g/mol. The van der Waals surface area contributed by atoms with E-state index in [2.05, 4.69) is 16.7 Å². The van der Waals surface area contributed by atoms with Crippen molar-refractivity contribution in [2.24, 2.45) is 17.6 Å². The van der Waals surface area contributed by atoms with Crippen LogP contribution in [-0.2, 0) is 22.6 Å². The Morgan fingerprint density at radius 2 is 1.90 bits per heavy atom. The van der Waals surface area contributed by atoms with Gasteiger partial charge >= 0.3 is 0 Å². The molecule has 216 valence electrons. The first-order valence-electron chi connectivity index (χ1n) is 13.9. The zero-order chi connectivity index (χ0) is 28.9. The Hall–Kier alpha value is -3.41. The number of ether oxygens (including phenoxy) is 1. The summed E-state index contributed by atoms with van der Waals surface area (Å²) in [7, 11) is 1.51. The molecule has 1 amide bonds. The Kier molecular flexibility index (Phi) is 7.41. The summed E-state index contributed by atoms with van der Waals surface area (Å²) in [5.41, 5.74) is 2.90. The van der Waals surface area contributed by atoms with E-state index in [1.807, 2.05) is 0 Å². The van der Waals surface area contributed by atoms with Gasteiger partial charge in [0.15, 0.2) is 11.4 Å². The van der Waals surface area contributed by atoms with Gasteiger partial charge in [-0.15, -0.1) is 0 Å². The molecule has 0 spiro atoms. The Bertz CT molecular complexity index is 1330. The van der Waals surface area contributed by atoms with Crippen LogP contribution in [-0.4, -0.2) is 93.1 Å². The molecule has 0 aromatic heterocycles. The van der Waals surface area contributed by atoms with Crippen LogP contribution in [0.1, 0.15) is 54.1 Å². The fraction of sp³-hybridized carbons (Fsp3) is 0.552.